The molecule has 0 bridgehead atoms. The predicted molar refractivity (Wildman–Crippen MR) is 82.2 cm³/mol. The Hall–Kier alpha value is -1.90. The van der Waals surface area contributed by atoms with Gasteiger partial charge in [0.15, 0.2) is 0 Å². The highest BCUT2D eigenvalue weighted by atomic mass is 35.5. The van der Waals surface area contributed by atoms with Gasteiger partial charge in [0.2, 0.25) is 10.0 Å². The number of amides is 1. The fourth-order valence-corrected chi connectivity index (χ4v) is 2.90. The van der Waals surface area contributed by atoms with E-state index in [1.807, 2.05) is 0 Å². The molecule has 1 aromatic heterocycles. The second-order valence-electron chi connectivity index (χ2n) is 4.45. The number of benzene rings is 1. The average Bonchev–Trinajstić information content (AvgIpc) is 2.90. The van der Waals surface area contributed by atoms with Crippen LogP contribution in [0.1, 0.15) is 10.5 Å². The largest absolute Gasteiger partial charge is 0.349 e. The number of rotatable bonds is 6. The zero-order valence-corrected chi connectivity index (χ0v) is 13.4. The fraction of sp³-hybridized carbons (Fsp3) is 0.231. The van der Waals surface area contributed by atoms with E-state index in [4.69, 9.17) is 11.6 Å². The maximum absolute atomic E-state index is 12.0. The molecule has 2 N–H and O–H groups in total. The summed E-state index contributed by atoms with van der Waals surface area (Å²) in [5.41, 5.74) is 0.403. The van der Waals surface area contributed by atoms with Crippen LogP contribution < -0.4 is 10.0 Å². The third-order valence-corrected chi connectivity index (χ3v) is 4.61. The van der Waals surface area contributed by atoms with Gasteiger partial charge in [-0.3, -0.25) is 9.48 Å². The van der Waals surface area contributed by atoms with Crippen molar-refractivity contribution >= 4 is 27.5 Å². The molecule has 22 heavy (non-hydrogen) atoms. The zero-order chi connectivity index (χ0) is 16.2. The van der Waals surface area contributed by atoms with E-state index in [1.165, 1.54) is 35.1 Å². The standard InChI is InChI=1S/C13H15ClN4O3S/c1-18-12(6-7-16-18)13(19)15-8-9-17-22(20,21)11-4-2-10(14)3-5-11/h2-7,17H,8-9H2,1H3,(H,15,19). The van der Waals surface area contributed by atoms with Crippen molar-refractivity contribution in [2.24, 2.45) is 7.05 Å². The Kier molecular flexibility index (Phi) is 5.17. The van der Waals surface area contributed by atoms with E-state index in [2.05, 4.69) is 15.1 Å². The highest BCUT2D eigenvalue weighted by molar-refractivity contribution is 7.89. The minimum atomic E-state index is -3.61. The molecule has 1 amide bonds. The summed E-state index contributed by atoms with van der Waals surface area (Å²) in [5, 5.41) is 6.96. The summed E-state index contributed by atoms with van der Waals surface area (Å²) >= 11 is 5.72. The summed E-state index contributed by atoms with van der Waals surface area (Å²) in [4.78, 5) is 11.9. The van der Waals surface area contributed by atoms with Crippen LogP contribution in [-0.2, 0) is 17.1 Å². The predicted octanol–water partition coefficient (Wildman–Crippen LogP) is 0.782. The van der Waals surface area contributed by atoms with E-state index in [-0.39, 0.29) is 23.9 Å². The number of carbonyl (C=O) groups is 1. The van der Waals surface area contributed by atoms with Gasteiger partial charge in [0.1, 0.15) is 5.69 Å². The summed E-state index contributed by atoms with van der Waals surface area (Å²) in [6, 6.07) is 7.41. The first kappa shape index (κ1) is 16.5. The van der Waals surface area contributed by atoms with Crippen molar-refractivity contribution in [3.63, 3.8) is 0 Å². The van der Waals surface area contributed by atoms with Gasteiger partial charge in [0.25, 0.3) is 5.91 Å². The maximum Gasteiger partial charge on any atom is 0.269 e. The van der Waals surface area contributed by atoms with E-state index in [0.29, 0.717) is 10.7 Å². The van der Waals surface area contributed by atoms with Crippen molar-refractivity contribution in [3.05, 3.63) is 47.2 Å². The van der Waals surface area contributed by atoms with Crippen LogP contribution in [0.3, 0.4) is 0 Å². The van der Waals surface area contributed by atoms with E-state index < -0.39 is 10.0 Å². The first-order valence-electron chi connectivity index (χ1n) is 6.41. The van der Waals surface area contributed by atoms with E-state index in [9.17, 15) is 13.2 Å². The fourth-order valence-electron chi connectivity index (χ4n) is 1.75. The van der Waals surface area contributed by atoms with Crippen LogP contribution in [0.2, 0.25) is 5.02 Å². The number of halogens is 1. The smallest absolute Gasteiger partial charge is 0.269 e. The van der Waals surface area contributed by atoms with Gasteiger partial charge in [-0.2, -0.15) is 5.10 Å². The molecular formula is C13H15ClN4O3S. The molecule has 0 aliphatic heterocycles. The van der Waals surface area contributed by atoms with Crippen molar-refractivity contribution < 1.29 is 13.2 Å². The number of hydrogen-bond acceptors (Lipinski definition) is 4. The summed E-state index contributed by atoms with van der Waals surface area (Å²) < 4.78 is 27.8. The molecule has 0 saturated carbocycles. The second-order valence-corrected chi connectivity index (χ2v) is 6.65. The minimum Gasteiger partial charge on any atom is -0.349 e. The van der Waals surface area contributed by atoms with Gasteiger partial charge in [0.05, 0.1) is 4.90 Å². The number of aryl methyl sites for hydroxylation is 1. The lowest BCUT2D eigenvalue weighted by Crippen LogP contribution is -2.35. The molecule has 0 unspecified atom stereocenters. The summed E-state index contributed by atoms with van der Waals surface area (Å²) in [6.45, 7) is 0.241. The summed E-state index contributed by atoms with van der Waals surface area (Å²) in [6.07, 6.45) is 1.51. The van der Waals surface area contributed by atoms with Gasteiger partial charge in [-0.05, 0) is 30.3 Å². The van der Waals surface area contributed by atoms with Crippen molar-refractivity contribution in [3.8, 4) is 0 Å². The SMILES string of the molecule is Cn1nccc1C(=O)NCCNS(=O)(=O)c1ccc(Cl)cc1. The molecule has 7 nitrogen and oxygen atoms in total. The topological polar surface area (TPSA) is 93.1 Å². The molecule has 2 rings (SSSR count). The summed E-state index contributed by atoms with van der Waals surface area (Å²) in [5.74, 6) is -0.314. The molecule has 118 valence electrons. The molecule has 0 saturated heterocycles. The van der Waals surface area contributed by atoms with Gasteiger partial charge < -0.3 is 5.32 Å². The third kappa shape index (κ3) is 4.06. The number of carbonyl (C=O) groups excluding carboxylic acids is 1. The number of nitrogens with zero attached hydrogens (tertiary/aromatic N) is 2. The molecule has 0 aliphatic carbocycles. The molecule has 2 aromatic rings. The van der Waals surface area contributed by atoms with Crippen molar-refractivity contribution in [1.29, 1.82) is 0 Å². The van der Waals surface area contributed by atoms with Gasteiger partial charge in [-0.1, -0.05) is 11.6 Å². The van der Waals surface area contributed by atoms with Gasteiger partial charge in [0, 0.05) is 31.4 Å². The Morgan fingerprint density at radius 3 is 2.50 bits per heavy atom. The van der Waals surface area contributed by atoms with Crippen LogP contribution in [-0.4, -0.2) is 37.2 Å². The molecule has 0 radical (unpaired) electrons. The van der Waals surface area contributed by atoms with Crippen LogP contribution in [0.5, 0.6) is 0 Å². The normalized spacial score (nSPS) is 11.4. The van der Waals surface area contributed by atoms with Crippen LogP contribution >= 0.6 is 11.6 Å². The zero-order valence-electron chi connectivity index (χ0n) is 11.8. The Bertz CT molecular complexity index is 756. The Balaban J connectivity index is 1.84. The van der Waals surface area contributed by atoms with Crippen molar-refractivity contribution in [1.82, 2.24) is 19.8 Å². The molecule has 0 spiro atoms. The first-order chi connectivity index (χ1) is 10.4. The average molecular weight is 343 g/mol. The van der Waals surface area contributed by atoms with Crippen LogP contribution in [0, 0.1) is 0 Å². The Labute approximate surface area is 133 Å². The highest BCUT2D eigenvalue weighted by Gasteiger charge is 2.14. The van der Waals surface area contributed by atoms with E-state index >= 15 is 0 Å². The second kappa shape index (κ2) is 6.91. The quantitative estimate of drug-likeness (QED) is 0.759. The lowest BCUT2D eigenvalue weighted by molar-refractivity contribution is 0.0945. The van der Waals surface area contributed by atoms with E-state index in [0.717, 1.165) is 0 Å². The molecule has 0 atom stereocenters. The van der Waals surface area contributed by atoms with Gasteiger partial charge >= 0.3 is 0 Å². The van der Waals surface area contributed by atoms with Gasteiger partial charge in [-0.25, -0.2) is 13.1 Å². The molecular weight excluding hydrogens is 328 g/mol. The molecule has 0 fully saturated rings. The molecule has 1 heterocycles. The highest BCUT2D eigenvalue weighted by Crippen LogP contribution is 2.13. The lowest BCUT2D eigenvalue weighted by atomic mass is 10.4. The molecule has 1 aromatic carbocycles. The third-order valence-electron chi connectivity index (χ3n) is 2.88. The number of hydrogen-bond donors (Lipinski definition) is 2. The van der Waals surface area contributed by atoms with Crippen LogP contribution in [0.15, 0.2) is 41.4 Å². The Morgan fingerprint density at radius 1 is 1.23 bits per heavy atom. The number of sulfonamides is 1. The number of nitrogens with one attached hydrogen (secondary N) is 2. The molecule has 0 aliphatic rings. The van der Waals surface area contributed by atoms with Crippen LogP contribution in [0.25, 0.3) is 0 Å². The van der Waals surface area contributed by atoms with E-state index in [1.54, 1.807) is 13.1 Å². The van der Waals surface area contributed by atoms with Gasteiger partial charge in [-0.15, -0.1) is 0 Å². The van der Waals surface area contributed by atoms with Crippen molar-refractivity contribution in [2.75, 3.05) is 13.1 Å². The minimum absolute atomic E-state index is 0.0779. The monoisotopic (exact) mass is 342 g/mol. The lowest BCUT2D eigenvalue weighted by Gasteiger charge is -2.08. The first-order valence-corrected chi connectivity index (χ1v) is 8.28. The Morgan fingerprint density at radius 2 is 1.91 bits per heavy atom. The number of aromatic nitrogens is 2. The molecule has 9 heteroatoms. The maximum atomic E-state index is 12.0. The van der Waals surface area contributed by atoms with Crippen LogP contribution in [0.4, 0.5) is 0 Å². The summed E-state index contributed by atoms with van der Waals surface area (Å²) in [7, 11) is -1.96. The van der Waals surface area contributed by atoms with Crippen molar-refractivity contribution in [2.45, 2.75) is 4.90 Å².